The molecular weight excluding hydrogens is 453 g/mol. The molecule has 0 saturated heterocycles. The molecule has 1 aromatic carbocycles. The van der Waals surface area contributed by atoms with E-state index in [0.717, 1.165) is 6.07 Å². The fraction of sp³-hybridized carbons (Fsp3) is 0.348. The van der Waals surface area contributed by atoms with E-state index in [1.165, 1.54) is 25.8 Å². The molecular formula is C23H23F3N4O4. The maximum Gasteiger partial charge on any atom is 0.417 e. The second-order valence-electron chi connectivity index (χ2n) is 7.52. The van der Waals surface area contributed by atoms with Gasteiger partial charge in [-0.2, -0.15) is 23.3 Å². The van der Waals surface area contributed by atoms with E-state index in [2.05, 4.69) is 15.1 Å². The van der Waals surface area contributed by atoms with Crippen molar-refractivity contribution in [3.05, 3.63) is 47.0 Å². The third-order valence-corrected chi connectivity index (χ3v) is 5.21. The highest BCUT2D eigenvalue weighted by Crippen LogP contribution is 2.38. The number of halogens is 3. The number of hydrogen-bond donors (Lipinski definition) is 0. The molecule has 180 valence electrons. The Bertz CT molecular complexity index is 1340. The minimum atomic E-state index is -4.59. The summed E-state index contributed by atoms with van der Waals surface area (Å²) in [5.41, 5.74) is 0.559. The monoisotopic (exact) mass is 476 g/mol. The van der Waals surface area contributed by atoms with E-state index in [-0.39, 0.29) is 29.2 Å². The molecule has 4 aromatic rings. The summed E-state index contributed by atoms with van der Waals surface area (Å²) in [5.74, 6) is 1.72. The zero-order valence-corrected chi connectivity index (χ0v) is 19.3. The first-order valence-electron chi connectivity index (χ1n) is 10.4. The lowest BCUT2D eigenvalue weighted by Gasteiger charge is -2.11. The average Bonchev–Trinajstić information content (AvgIpc) is 3.30. The minimum absolute atomic E-state index is 0.0494. The lowest BCUT2D eigenvalue weighted by Crippen LogP contribution is -2.09. The number of rotatable bonds is 7. The first-order chi connectivity index (χ1) is 16.1. The molecule has 11 heteroatoms. The highest BCUT2D eigenvalue weighted by molar-refractivity contribution is 5.83. The molecule has 0 saturated carbocycles. The number of hydrogen-bond acceptors (Lipinski definition) is 7. The molecule has 0 bridgehead atoms. The summed E-state index contributed by atoms with van der Waals surface area (Å²) in [6, 6.07) is 6.14. The van der Waals surface area contributed by atoms with Crippen LogP contribution in [-0.2, 0) is 19.8 Å². The van der Waals surface area contributed by atoms with Crippen molar-refractivity contribution >= 4 is 11.0 Å². The Hall–Kier alpha value is -3.76. The number of oxazole rings is 1. The van der Waals surface area contributed by atoms with Crippen molar-refractivity contribution in [1.29, 1.82) is 0 Å². The number of pyridine rings is 1. The number of aromatic nitrogens is 4. The molecule has 3 aromatic heterocycles. The molecule has 0 unspecified atom stereocenters. The predicted molar refractivity (Wildman–Crippen MR) is 117 cm³/mol. The Morgan fingerprint density at radius 3 is 2.50 bits per heavy atom. The van der Waals surface area contributed by atoms with Crippen LogP contribution in [0.5, 0.6) is 17.4 Å². The maximum atomic E-state index is 13.7. The quantitative estimate of drug-likeness (QED) is 0.360. The van der Waals surface area contributed by atoms with Crippen LogP contribution in [0.15, 0.2) is 28.7 Å². The smallest absolute Gasteiger partial charge is 0.417 e. The zero-order chi connectivity index (χ0) is 24.6. The maximum absolute atomic E-state index is 13.7. The van der Waals surface area contributed by atoms with Crippen LogP contribution < -0.4 is 14.2 Å². The first-order valence-corrected chi connectivity index (χ1v) is 10.4. The number of ether oxygens (including phenoxy) is 3. The number of benzene rings is 1. The van der Waals surface area contributed by atoms with Gasteiger partial charge in [0.05, 0.1) is 30.4 Å². The zero-order valence-electron chi connectivity index (χ0n) is 19.3. The van der Waals surface area contributed by atoms with Crippen LogP contribution in [0.4, 0.5) is 13.2 Å². The molecule has 0 fully saturated rings. The van der Waals surface area contributed by atoms with Crippen LogP contribution in [0, 0.1) is 13.8 Å². The Morgan fingerprint density at radius 1 is 1.06 bits per heavy atom. The van der Waals surface area contributed by atoms with Gasteiger partial charge in [-0.15, -0.1) is 0 Å². The highest BCUT2D eigenvalue weighted by Gasteiger charge is 2.35. The molecule has 0 aliphatic heterocycles. The molecule has 0 atom stereocenters. The van der Waals surface area contributed by atoms with E-state index in [4.69, 9.17) is 18.6 Å². The first kappa shape index (κ1) is 23.4. The number of nitrogens with zero attached hydrogens (tertiary/aromatic N) is 4. The van der Waals surface area contributed by atoms with Gasteiger partial charge in [-0.1, -0.05) is 0 Å². The molecule has 0 N–H and O–H groups in total. The lowest BCUT2D eigenvalue weighted by atomic mass is 10.1. The van der Waals surface area contributed by atoms with Crippen molar-refractivity contribution < 1.29 is 31.8 Å². The van der Waals surface area contributed by atoms with E-state index in [0.29, 0.717) is 41.0 Å². The average molecular weight is 476 g/mol. The van der Waals surface area contributed by atoms with Crippen molar-refractivity contribution in [2.24, 2.45) is 7.05 Å². The van der Waals surface area contributed by atoms with Gasteiger partial charge in [0.15, 0.2) is 17.1 Å². The summed E-state index contributed by atoms with van der Waals surface area (Å²) >= 11 is 0. The molecule has 8 nitrogen and oxygen atoms in total. The van der Waals surface area contributed by atoms with Crippen LogP contribution in [-0.4, -0.2) is 33.5 Å². The van der Waals surface area contributed by atoms with Gasteiger partial charge in [-0.3, -0.25) is 4.68 Å². The fourth-order valence-corrected chi connectivity index (χ4v) is 3.62. The molecule has 0 amide bonds. The van der Waals surface area contributed by atoms with Crippen molar-refractivity contribution in [2.75, 3.05) is 13.7 Å². The summed E-state index contributed by atoms with van der Waals surface area (Å²) in [4.78, 5) is 8.66. The molecule has 34 heavy (non-hydrogen) atoms. The fourth-order valence-electron chi connectivity index (χ4n) is 3.62. The second kappa shape index (κ2) is 8.88. The third-order valence-electron chi connectivity index (χ3n) is 5.21. The Kier molecular flexibility index (Phi) is 6.11. The summed E-state index contributed by atoms with van der Waals surface area (Å²) in [7, 11) is 3.07. The van der Waals surface area contributed by atoms with E-state index >= 15 is 0 Å². The molecule has 3 heterocycles. The normalized spacial score (nSPS) is 11.8. The van der Waals surface area contributed by atoms with Crippen molar-refractivity contribution in [3.63, 3.8) is 0 Å². The summed E-state index contributed by atoms with van der Waals surface area (Å²) in [6.07, 6.45) is -4.59. The van der Waals surface area contributed by atoms with Gasteiger partial charge in [-0.05, 0) is 39.0 Å². The standard InChI is InChI=1S/C23H23F3N4O4/c1-6-32-17-8-7-14(9-18(17)31-5)22-27-16(13(3)34-22)11-33-19-10-15(23(24,25)26)20-12(2)29-30(4)21(20)28-19/h7-10H,6,11H2,1-5H3. The van der Waals surface area contributed by atoms with Gasteiger partial charge >= 0.3 is 6.18 Å². The second-order valence-corrected chi connectivity index (χ2v) is 7.52. The largest absolute Gasteiger partial charge is 0.493 e. The van der Waals surface area contributed by atoms with Crippen LogP contribution in [0.1, 0.15) is 29.6 Å². The molecule has 0 aliphatic rings. The Labute approximate surface area is 193 Å². The number of fused-ring (bicyclic) bond motifs is 1. The minimum Gasteiger partial charge on any atom is -0.493 e. The van der Waals surface area contributed by atoms with Gasteiger partial charge in [0.25, 0.3) is 0 Å². The summed E-state index contributed by atoms with van der Waals surface area (Å²) < 4.78 is 64.6. The number of methoxy groups -OCH3 is 1. The van der Waals surface area contributed by atoms with Crippen LogP contribution in [0.25, 0.3) is 22.5 Å². The summed E-state index contributed by atoms with van der Waals surface area (Å²) in [5, 5.41) is 4.01. The summed E-state index contributed by atoms with van der Waals surface area (Å²) in [6.45, 7) is 5.44. The van der Waals surface area contributed by atoms with Crippen LogP contribution in [0.2, 0.25) is 0 Å². The lowest BCUT2D eigenvalue weighted by molar-refractivity contribution is -0.136. The van der Waals surface area contributed by atoms with Crippen LogP contribution >= 0.6 is 0 Å². The van der Waals surface area contributed by atoms with E-state index in [1.54, 1.807) is 25.1 Å². The van der Waals surface area contributed by atoms with E-state index in [1.807, 2.05) is 6.92 Å². The van der Waals surface area contributed by atoms with Crippen molar-refractivity contribution in [1.82, 2.24) is 19.7 Å². The Balaban J connectivity index is 1.62. The molecule has 0 aliphatic carbocycles. The Morgan fingerprint density at radius 2 is 1.82 bits per heavy atom. The highest BCUT2D eigenvalue weighted by atomic mass is 19.4. The van der Waals surface area contributed by atoms with Gasteiger partial charge in [0.2, 0.25) is 11.8 Å². The molecule has 0 spiro atoms. The third kappa shape index (κ3) is 4.37. The van der Waals surface area contributed by atoms with Crippen molar-refractivity contribution in [3.8, 4) is 28.8 Å². The van der Waals surface area contributed by atoms with E-state index in [9.17, 15) is 13.2 Å². The van der Waals surface area contributed by atoms with Crippen LogP contribution in [0.3, 0.4) is 0 Å². The number of aryl methyl sites for hydroxylation is 3. The van der Waals surface area contributed by atoms with Gasteiger partial charge in [0.1, 0.15) is 18.1 Å². The number of alkyl halides is 3. The van der Waals surface area contributed by atoms with Gasteiger partial charge in [0, 0.05) is 18.7 Å². The van der Waals surface area contributed by atoms with Gasteiger partial charge in [-0.25, -0.2) is 4.98 Å². The molecule has 4 rings (SSSR count). The SMILES string of the molecule is CCOc1ccc(-c2nc(COc3cc(C(F)(F)F)c4c(C)nn(C)c4n3)c(C)o2)cc1OC. The predicted octanol–water partition coefficient (Wildman–Crippen LogP) is 5.25. The van der Waals surface area contributed by atoms with Crippen molar-refractivity contribution in [2.45, 2.75) is 33.6 Å². The van der Waals surface area contributed by atoms with Gasteiger partial charge < -0.3 is 18.6 Å². The van der Waals surface area contributed by atoms with E-state index < -0.39 is 11.7 Å². The topological polar surface area (TPSA) is 84.4 Å². The molecule has 0 radical (unpaired) electrons.